The van der Waals surface area contributed by atoms with E-state index in [-0.39, 0.29) is 5.56 Å². The molecule has 0 atom stereocenters. The van der Waals surface area contributed by atoms with Gasteiger partial charge in [0.25, 0.3) is 0 Å². The number of hydrogen-bond donors (Lipinski definition) is 2. The van der Waals surface area contributed by atoms with Gasteiger partial charge in [0.15, 0.2) is 0 Å². The Morgan fingerprint density at radius 3 is 3.00 bits per heavy atom. The molecule has 2 N–H and O–H groups in total. The first kappa shape index (κ1) is 13.0. The zero-order chi connectivity index (χ0) is 13.1. The third kappa shape index (κ3) is 3.05. The highest BCUT2D eigenvalue weighted by atomic mass is 79.9. The number of thiophene rings is 1. The lowest BCUT2D eigenvalue weighted by Crippen LogP contribution is -2.09. The van der Waals surface area contributed by atoms with E-state index in [1.54, 1.807) is 18.3 Å². The molecule has 0 fully saturated rings. The van der Waals surface area contributed by atoms with Crippen LogP contribution >= 0.6 is 27.3 Å². The van der Waals surface area contributed by atoms with Gasteiger partial charge in [-0.25, -0.2) is 14.8 Å². The number of aryl methyl sites for hydroxylation is 1. The van der Waals surface area contributed by atoms with Gasteiger partial charge < -0.3 is 10.4 Å². The fraction of sp³-hybridized carbons (Fsp3) is 0.182. The molecular formula is C11H10BrN3O2S. The van der Waals surface area contributed by atoms with E-state index in [0.717, 1.165) is 9.35 Å². The molecule has 0 amide bonds. The van der Waals surface area contributed by atoms with Crippen molar-refractivity contribution in [1.29, 1.82) is 0 Å². The number of halogens is 1. The second-order valence-electron chi connectivity index (χ2n) is 3.57. The number of nitrogens with zero attached hydrogens (tertiary/aromatic N) is 2. The van der Waals surface area contributed by atoms with Crippen LogP contribution in [0.25, 0.3) is 0 Å². The molecule has 5 nitrogen and oxygen atoms in total. The van der Waals surface area contributed by atoms with Crippen LogP contribution in [0.1, 0.15) is 21.1 Å². The monoisotopic (exact) mass is 327 g/mol. The standard InChI is InChI=1S/C11H10BrN3O2S/c1-6-13-4-9(11(16)17)10(15-6)14-3-8-2-7(12)5-18-8/h2,4-5H,3H2,1H3,(H,16,17)(H,13,14,15). The predicted molar refractivity (Wildman–Crippen MR) is 73.1 cm³/mol. The van der Waals surface area contributed by atoms with Crippen molar-refractivity contribution in [3.05, 3.63) is 38.4 Å². The number of anilines is 1. The van der Waals surface area contributed by atoms with E-state index in [2.05, 4.69) is 31.2 Å². The zero-order valence-electron chi connectivity index (χ0n) is 9.48. The van der Waals surface area contributed by atoms with Gasteiger partial charge >= 0.3 is 5.97 Å². The van der Waals surface area contributed by atoms with Crippen molar-refractivity contribution in [2.24, 2.45) is 0 Å². The Morgan fingerprint density at radius 2 is 2.39 bits per heavy atom. The first-order valence-electron chi connectivity index (χ1n) is 5.10. The summed E-state index contributed by atoms with van der Waals surface area (Å²) in [7, 11) is 0. The van der Waals surface area contributed by atoms with Crippen molar-refractivity contribution >= 4 is 39.1 Å². The van der Waals surface area contributed by atoms with Gasteiger partial charge in [-0.15, -0.1) is 11.3 Å². The van der Waals surface area contributed by atoms with E-state index in [4.69, 9.17) is 5.11 Å². The smallest absolute Gasteiger partial charge is 0.341 e. The molecule has 0 aliphatic carbocycles. The van der Waals surface area contributed by atoms with Gasteiger partial charge in [0.05, 0.1) is 6.54 Å². The Morgan fingerprint density at radius 1 is 1.61 bits per heavy atom. The number of nitrogens with one attached hydrogen (secondary N) is 1. The molecule has 0 aliphatic heterocycles. The van der Waals surface area contributed by atoms with Crippen LogP contribution in [0.5, 0.6) is 0 Å². The van der Waals surface area contributed by atoms with Gasteiger partial charge in [0, 0.05) is 20.9 Å². The van der Waals surface area contributed by atoms with Crippen LogP contribution in [-0.4, -0.2) is 21.0 Å². The Balaban J connectivity index is 2.17. The van der Waals surface area contributed by atoms with Crippen LogP contribution in [0, 0.1) is 6.92 Å². The highest BCUT2D eigenvalue weighted by Gasteiger charge is 2.12. The normalized spacial score (nSPS) is 10.3. The molecule has 0 bridgehead atoms. The maximum Gasteiger partial charge on any atom is 0.341 e. The van der Waals surface area contributed by atoms with E-state index in [9.17, 15) is 4.79 Å². The number of carboxylic acids is 1. The summed E-state index contributed by atoms with van der Waals surface area (Å²) < 4.78 is 1.02. The van der Waals surface area contributed by atoms with Crippen molar-refractivity contribution in [2.45, 2.75) is 13.5 Å². The highest BCUT2D eigenvalue weighted by Crippen LogP contribution is 2.21. The van der Waals surface area contributed by atoms with Crippen molar-refractivity contribution in [2.75, 3.05) is 5.32 Å². The van der Waals surface area contributed by atoms with Crippen LogP contribution in [0.15, 0.2) is 22.1 Å². The summed E-state index contributed by atoms with van der Waals surface area (Å²) in [5.41, 5.74) is 0.0798. The van der Waals surface area contributed by atoms with Crippen LogP contribution < -0.4 is 5.32 Å². The van der Waals surface area contributed by atoms with Crippen LogP contribution in [0.3, 0.4) is 0 Å². The topological polar surface area (TPSA) is 75.1 Å². The zero-order valence-corrected chi connectivity index (χ0v) is 11.9. The average molecular weight is 328 g/mol. The third-order valence-electron chi connectivity index (χ3n) is 2.19. The van der Waals surface area contributed by atoms with Crippen LogP contribution in [0.2, 0.25) is 0 Å². The van der Waals surface area contributed by atoms with E-state index in [1.165, 1.54) is 6.20 Å². The molecule has 94 valence electrons. The van der Waals surface area contributed by atoms with Gasteiger partial charge in [-0.05, 0) is 28.9 Å². The maximum absolute atomic E-state index is 11.0. The molecule has 0 spiro atoms. The summed E-state index contributed by atoms with van der Waals surface area (Å²) in [6.07, 6.45) is 1.32. The van der Waals surface area contributed by atoms with E-state index < -0.39 is 5.97 Å². The minimum atomic E-state index is -1.04. The molecule has 2 heterocycles. The lowest BCUT2D eigenvalue weighted by Gasteiger charge is -2.07. The first-order valence-corrected chi connectivity index (χ1v) is 6.77. The molecule has 0 aromatic carbocycles. The number of carboxylic acid groups (broad SMARTS) is 1. The summed E-state index contributed by atoms with van der Waals surface area (Å²) in [5.74, 6) is -0.153. The first-order chi connectivity index (χ1) is 8.56. The van der Waals surface area contributed by atoms with Crippen LogP contribution in [0.4, 0.5) is 5.82 Å². The maximum atomic E-state index is 11.0. The van der Waals surface area contributed by atoms with Crippen molar-refractivity contribution < 1.29 is 9.90 Å². The summed E-state index contributed by atoms with van der Waals surface area (Å²) in [4.78, 5) is 20.1. The molecule has 18 heavy (non-hydrogen) atoms. The van der Waals surface area contributed by atoms with Crippen LogP contribution in [-0.2, 0) is 6.54 Å². The lowest BCUT2D eigenvalue weighted by atomic mass is 10.3. The number of rotatable bonds is 4. The second kappa shape index (κ2) is 5.45. The molecule has 7 heteroatoms. The van der Waals surface area contributed by atoms with Gasteiger partial charge in [0.2, 0.25) is 0 Å². The summed E-state index contributed by atoms with van der Waals surface area (Å²) in [6.45, 7) is 2.26. The lowest BCUT2D eigenvalue weighted by molar-refractivity contribution is 0.0697. The van der Waals surface area contributed by atoms with Gasteiger partial charge in [-0.3, -0.25) is 0 Å². The highest BCUT2D eigenvalue weighted by molar-refractivity contribution is 9.10. The molecule has 0 saturated heterocycles. The predicted octanol–water partition coefficient (Wildman–Crippen LogP) is 2.92. The van der Waals surface area contributed by atoms with E-state index >= 15 is 0 Å². The average Bonchev–Trinajstić information content (AvgIpc) is 2.72. The SMILES string of the molecule is Cc1ncc(C(=O)O)c(NCc2cc(Br)cs2)n1. The fourth-order valence-corrected chi connectivity index (χ4v) is 2.77. The van der Waals surface area contributed by atoms with Crippen molar-refractivity contribution in [1.82, 2.24) is 9.97 Å². The van der Waals surface area contributed by atoms with E-state index in [1.807, 2.05) is 11.4 Å². The minimum Gasteiger partial charge on any atom is -0.477 e. The quantitative estimate of drug-likeness (QED) is 0.903. The number of aromatic nitrogens is 2. The van der Waals surface area contributed by atoms with Gasteiger partial charge in [-0.1, -0.05) is 0 Å². The largest absolute Gasteiger partial charge is 0.477 e. The molecule has 2 rings (SSSR count). The third-order valence-corrected chi connectivity index (χ3v) is 3.89. The molecular weight excluding hydrogens is 318 g/mol. The van der Waals surface area contributed by atoms with Crippen molar-refractivity contribution in [3.8, 4) is 0 Å². The van der Waals surface area contributed by atoms with E-state index in [0.29, 0.717) is 18.2 Å². The summed E-state index contributed by atoms with van der Waals surface area (Å²) in [5, 5.41) is 14.0. The molecule has 0 radical (unpaired) electrons. The van der Waals surface area contributed by atoms with Gasteiger partial charge in [0.1, 0.15) is 17.2 Å². The number of carbonyl (C=O) groups is 1. The fourth-order valence-electron chi connectivity index (χ4n) is 1.38. The molecule has 2 aromatic heterocycles. The molecule has 2 aromatic rings. The molecule has 0 unspecified atom stereocenters. The van der Waals surface area contributed by atoms with Gasteiger partial charge in [-0.2, -0.15) is 0 Å². The summed E-state index contributed by atoms with van der Waals surface area (Å²) in [6, 6.07) is 1.98. The number of aromatic carboxylic acids is 1. The number of hydrogen-bond acceptors (Lipinski definition) is 5. The Hall–Kier alpha value is -1.47. The Labute approximate surface area is 116 Å². The second-order valence-corrected chi connectivity index (χ2v) is 5.48. The minimum absolute atomic E-state index is 0.0798. The molecule has 0 saturated carbocycles. The summed E-state index contributed by atoms with van der Waals surface area (Å²) >= 11 is 4.96. The Kier molecular flexibility index (Phi) is 3.93. The molecule has 0 aliphatic rings. The van der Waals surface area contributed by atoms with Crippen molar-refractivity contribution in [3.63, 3.8) is 0 Å². The Bertz CT molecular complexity index is 585.